The van der Waals surface area contributed by atoms with E-state index in [1.165, 1.54) is 4.31 Å². The van der Waals surface area contributed by atoms with Crippen LogP contribution in [-0.2, 0) is 16.8 Å². The molecule has 7 nitrogen and oxygen atoms in total. The molecular formula is C14H18N4O3S. The Morgan fingerprint density at radius 3 is 2.77 bits per heavy atom. The fourth-order valence-electron chi connectivity index (χ4n) is 2.69. The van der Waals surface area contributed by atoms with E-state index in [-0.39, 0.29) is 12.6 Å². The SMILES string of the molecule is Cc1nonc1[C@@H]1CCCN1S(=O)(=O)NCc1ccccc1. The average Bonchev–Trinajstić information content (AvgIpc) is 3.15. The topological polar surface area (TPSA) is 88.3 Å². The largest absolute Gasteiger partial charge is 0.280 e. The van der Waals surface area contributed by atoms with Crippen LogP contribution in [0.4, 0.5) is 0 Å². The zero-order chi connectivity index (χ0) is 15.6. The van der Waals surface area contributed by atoms with Crippen molar-refractivity contribution in [3.05, 3.63) is 47.3 Å². The molecule has 0 bridgehead atoms. The van der Waals surface area contributed by atoms with Gasteiger partial charge >= 0.3 is 0 Å². The molecule has 1 saturated heterocycles. The molecule has 2 aromatic rings. The van der Waals surface area contributed by atoms with Gasteiger partial charge in [-0.25, -0.2) is 4.63 Å². The highest BCUT2D eigenvalue weighted by molar-refractivity contribution is 7.87. The van der Waals surface area contributed by atoms with Crippen molar-refractivity contribution in [2.75, 3.05) is 6.54 Å². The molecule has 2 heterocycles. The first kappa shape index (κ1) is 15.1. The molecule has 1 aromatic carbocycles. The standard InChI is InChI=1S/C14H18N4O3S/c1-11-14(17-21-16-11)13-8-5-9-18(13)22(19,20)15-10-12-6-3-2-4-7-12/h2-4,6-7,13,15H,5,8-10H2,1H3/t13-/m0/s1. The van der Waals surface area contributed by atoms with Crippen LogP contribution >= 0.6 is 0 Å². The van der Waals surface area contributed by atoms with Gasteiger partial charge in [0.2, 0.25) is 0 Å². The van der Waals surface area contributed by atoms with Crippen molar-refractivity contribution < 1.29 is 13.0 Å². The fraction of sp³-hybridized carbons (Fsp3) is 0.429. The minimum Gasteiger partial charge on any atom is -0.244 e. The number of aryl methyl sites for hydroxylation is 1. The van der Waals surface area contributed by atoms with Gasteiger partial charge in [-0.15, -0.1) is 0 Å². The lowest BCUT2D eigenvalue weighted by atomic mass is 10.1. The molecule has 0 aliphatic carbocycles. The van der Waals surface area contributed by atoms with Crippen LogP contribution in [-0.4, -0.2) is 29.6 Å². The van der Waals surface area contributed by atoms with Gasteiger partial charge < -0.3 is 0 Å². The molecule has 1 fully saturated rings. The molecule has 22 heavy (non-hydrogen) atoms. The highest BCUT2D eigenvalue weighted by Gasteiger charge is 2.37. The van der Waals surface area contributed by atoms with Gasteiger partial charge in [0, 0.05) is 13.1 Å². The second-order valence-electron chi connectivity index (χ2n) is 5.32. The van der Waals surface area contributed by atoms with E-state index >= 15 is 0 Å². The zero-order valence-corrected chi connectivity index (χ0v) is 13.1. The maximum atomic E-state index is 12.6. The quantitative estimate of drug-likeness (QED) is 0.902. The number of nitrogens with zero attached hydrogens (tertiary/aromatic N) is 3. The Morgan fingerprint density at radius 1 is 1.32 bits per heavy atom. The van der Waals surface area contributed by atoms with E-state index in [0.29, 0.717) is 17.9 Å². The maximum Gasteiger partial charge on any atom is 0.280 e. The van der Waals surface area contributed by atoms with Crippen LogP contribution in [0.25, 0.3) is 0 Å². The molecule has 1 N–H and O–H groups in total. The number of aromatic nitrogens is 2. The zero-order valence-electron chi connectivity index (χ0n) is 12.3. The lowest BCUT2D eigenvalue weighted by Gasteiger charge is -2.22. The number of benzene rings is 1. The van der Waals surface area contributed by atoms with E-state index in [1.54, 1.807) is 6.92 Å². The number of hydrogen-bond donors (Lipinski definition) is 1. The highest BCUT2D eigenvalue weighted by Crippen LogP contribution is 2.33. The Kier molecular flexibility index (Phi) is 4.23. The molecule has 0 unspecified atom stereocenters. The van der Waals surface area contributed by atoms with Crippen molar-refractivity contribution in [1.29, 1.82) is 0 Å². The van der Waals surface area contributed by atoms with Crippen molar-refractivity contribution in [3.8, 4) is 0 Å². The number of rotatable bonds is 5. The Hall–Kier alpha value is -1.77. The highest BCUT2D eigenvalue weighted by atomic mass is 32.2. The van der Waals surface area contributed by atoms with Gasteiger partial charge in [0.05, 0.1) is 6.04 Å². The molecule has 0 amide bonds. The Balaban J connectivity index is 1.75. The predicted octanol–water partition coefficient (Wildman–Crippen LogP) is 1.55. The molecule has 1 aromatic heterocycles. The summed E-state index contributed by atoms with van der Waals surface area (Å²) >= 11 is 0. The second kappa shape index (κ2) is 6.15. The van der Waals surface area contributed by atoms with E-state index in [0.717, 1.165) is 18.4 Å². The summed E-state index contributed by atoms with van der Waals surface area (Å²) in [5.41, 5.74) is 2.15. The number of hydrogen-bond acceptors (Lipinski definition) is 5. The molecule has 118 valence electrons. The Morgan fingerprint density at radius 2 is 2.09 bits per heavy atom. The van der Waals surface area contributed by atoms with Gasteiger partial charge in [0.25, 0.3) is 10.2 Å². The van der Waals surface area contributed by atoms with Crippen LogP contribution in [0.15, 0.2) is 35.0 Å². The lowest BCUT2D eigenvalue weighted by molar-refractivity contribution is 0.290. The summed E-state index contributed by atoms with van der Waals surface area (Å²) in [7, 11) is -3.58. The summed E-state index contributed by atoms with van der Waals surface area (Å²) in [6, 6.07) is 9.12. The van der Waals surface area contributed by atoms with Crippen molar-refractivity contribution >= 4 is 10.2 Å². The summed E-state index contributed by atoms with van der Waals surface area (Å²) in [5, 5.41) is 7.60. The van der Waals surface area contributed by atoms with Gasteiger partial charge in [-0.05, 0) is 25.3 Å². The third-order valence-corrected chi connectivity index (χ3v) is 5.38. The first-order chi connectivity index (χ1) is 10.6. The molecule has 0 spiro atoms. The predicted molar refractivity (Wildman–Crippen MR) is 79.9 cm³/mol. The van der Waals surface area contributed by atoms with Crippen LogP contribution in [0.1, 0.15) is 35.8 Å². The molecule has 1 atom stereocenters. The molecule has 0 radical (unpaired) electrons. The van der Waals surface area contributed by atoms with E-state index in [2.05, 4.69) is 15.0 Å². The second-order valence-corrected chi connectivity index (χ2v) is 7.02. The van der Waals surface area contributed by atoms with E-state index < -0.39 is 10.2 Å². The van der Waals surface area contributed by atoms with Gasteiger partial charge in [-0.3, -0.25) is 0 Å². The molecule has 8 heteroatoms. The van der Waals surface area contributed by atoms with Gasteiger partial charge in [0.15, 0.2) is 0 Å². The molecule has 1 aliphatic rings. The van der Waals surface area contributed by atoms with Crippen LogP contribution in [0.5, 0.6) is 0 Å². The fourth-order valence-corrected chi connectivity index (χ4v) is 4.12. The Labute approximate surface area is 129 Å². The summed E-state index contributed by atoms with van der Waals surface area (Å²) in [5.74, 6) is 0. The van der Waals surface area contributed by atoms with E-state index in [4.69, 9.17) is 4.63 Å². The van der Waals surface area contributed by atoms with Crippen LogP contribution in [0.2, 0.25) is 0 Å². The van der Waals surface area contributed by atoms with Crippen molar-refractivity contribution in [2.24, 2.45) is 0 Å². The minimum atomic E-state index is -3.58. The van der Waals surface area contributed by atoms with Gasteiger partial charge in [-0.1, -0.05) is 40.6 Å². The Bertz CT molecular complexity index is 730. The van der Waals surface area contributed by atoms with Gasteiger partial charge in [0.1, 0.15) is 11.4 Å². The smallest absolute Gasteiger partial charge is 0.244 e. The molecular weight excluding hydrogens is 304 g/mol. The first-order valence-corrected chi connectivity index (χ1v) is 8.61. The minimum absolute atomic E-state index is 0.266. The van der Waals surface area contributed by atoms with Crippen LogP contribution in [0, 0.1) is 6.92 Å². The van der Waals surface area contributed by atoms with E-state index in [1.807, 2.05) is 30.3 Å². The third kappa shape index (κ3) is 3.03. The molecule has 1 aliphatic heterocycles. The maximum absolute atomic E-state index is 12.6. The lowest BCUT2D eigenvalue weighted by Crippen LogP contribution is -2.40. The first-order valence-electron chi connectivity index (χ1n) is 7.17. The third-order valence-electron chi connectivity index (χ3n) is 3.82. The van der Waals surface area contributed by atoms with Crippen molar-refractivity contribution in [3.63, 3.8) is 0 Å². The van der Waals surface area contributed by atoms with Crippen molar-refractivity contribution in [2.45, 2.75) is 32.4 Å². The monoisotopic (exact) mass is 322 g/mol. The molecule has 0 saturated carbocycles. The van der Waals surface area contributed by atoms with E-state index in [9.17, 15) is 8.42 Å². The summed E-state index contributed by atoms with van der Waals surface area (Å²) in [6.45, 7) is 2.51. The van der Waals surface area contributed by atoms with Crippen LogP contribution in [0.3, 0.4) is 0 Å². The summed E-state index contributed by atoms with van der Waals surface area (Å²) < 4.78 is 33.9. The molecule has 3 rings (SSSR count). The number of nitrogens with one attached hydrogen (secondary N) is 1. The van der Waals surface area contributed by atoms with Gasteiger partial charge in [-0.2, -0.15) is 17.4 Å². The normalized spacial score (nSPS) is 19.6. The average molecular weight is 322 g/mol. The summed E-state index contributed by atoms with van der Waals surface area (Å²) in [6.07, 6.45) is 1.52. The van der Waals surface area contributed by atoms with Crippen LogP contribution < -0.4 is 4.72 Å². The summed E-state index contributed by atoms with van der Waals surface area (Å²) in [4.78, 5) is 0. The van der Waals surface area contributed by atoms with Crippen molar-refractivity contribution in [1.82, 2.24) is 19.3 Å².